The molecule has 0 radical (unpaired) electrons. The summed E-state index contributed by atoms with van der Waals surface area (Å²) in [6.07, 6.45) is 2.22. The van der Waals surface area contributed by atoms with E-state index in [1.165, 1.54) is 0 Å². The molecule has 1 saturated heterocycles. The van der Waals surface area contributed by atoms with Crippen LogP contribution in [0.1, 0.15) is 18.7 Å². The van der Waals surface area contributed by atoms with Gasteiger partial charge in [0.25, 0.3) is 0 Å². The van der Waals surface area contributed by atoms with E-state index in [4.69, 9.17) is 20.9 Å². The maximum atomic E-state index is 9.32. The number of ether oxygens (including phenoxy) is 1. The number of aromatic nitrogens is 2. The zero-order chi connectivity index (χ0) is 19.8. The van der Waals surface area contributed by atoms with E-state index in [0.717, 1.165) is 18.6 Å². The summed E-state index contributed by atoms with van der Waals surface area (Å²) in [6.45, 7) is 2.85. The lowest BCUT2D eigenvalue weighted by Crippen LogP contribution is -2.45. The van der Waals surface area contributed by atoms with Gasteiger partial charge in [-0.2, -0.15) is 4.98 Å². The van der Waals surface area contributed by atoms with E-state index >= 15 is 0 Å². The third-order valence-corrected chi connectivity index (χ3v) is 5.10. The Labute approximate surface area is 169 Å². The van der Waals surface area contributed by atoms with Crippen LogP contribution in [0.5, 0.6) is 0 Å². The fourth-order valence-corrected chi connectivity index (χ4v) is 3.38. The van der Waals surface area contributed by atoms with E-state index in [1.54, 1.807) is 19.2 Å². The van der Waals surface area contributed by atoms with Crippen LogP contribution >= 0.6 is 11.6 Å². The standard InChI is InChI=1S/C19H26ClN5O3/c1-21-18(23-12-19(6-9-26)7-10-27-13-19)22-8-5-16-24-17(25-28-16)14-3-2-4-15(20)11-14/h2-4,11,26H,5-10,12-13H2,1H3,(H2,21,22,23). The average Bonchev–Trinajstić information content (AvgIpc) is 3.35. The van der Waals surface area contributed by atoms with Crippen LogP contribution in [0.4, 0.5) is 0 Å². The first kappa shape index (κ1) is 20.6. The summed E-state index contributed by atoms with van der Waals surface area (Å²) in [4.78, 5) is 8.65. The highest BCUT2D eigenvalue weighted by Crippen LogP contribution is 2.31. The van der Waals surface area contributed by atoms with Crippen molar-refractivity contribution in [2.24, 2.45) is 10.4 Å². The number of hydrogen-bond acceptors (Lipinski definition) is 6. The average molecular weight is 408 g/mol. The Morgan fingerprint density at radius 1 is 1.39 bits per heavy atom. The van der Waals surface area contributed by atoms with Gasteiger partial charge >= 0.3 is 0 Å². The van der Waals surface area contributed by atoms with Crippen LogP contribution in [0, 0.1) is 5.41 Å². The molecular weight excluding hydrogens is 382 g/mol. The molecule has 1 aromatic heterocycles. The molecule has 1 aliphatic rings. The van der Waals surface area contributed by atoms with Crippen LogP contribution in [0.25, 0.3) is 11.4 Å². The van der Waals surface area contributed by atoms with Crippen LogP contribution in [-0.4, -0.2) is 61.2 Å². The Bertz CT molecular complexity index is 789. The van der Waals surface area contributed by atoms with Crippen molar-refractivity contribution < 1.29 is 14.4 Å². The predicted molar refractivity (Wildman–Crippen MR) is 107 cm³/mol. The Balaban J connectivity index is 1.47. The monoisotopic (exact) mass is 407 g/mol. The molecule has 1 aromatic carbocycles. The van der Waals surface area contributed by atoms with Crippen LogP contribution < -0.4 is 10.6 Å². The Hall–Kier alpha value is -2.16. The van der Waals surface area contributed by atoms with Crippen molar-refractivity contribution in [3.63, 3.8) is 0 Å². The van der Waals surface area contributed by atoms with E-state index < -0.39 is 0 Å². The number of hydrogen-bond donors (Lipinski definition) is 3. The van der Waals surface area contributed by atoms with Crippen LogP contribution in [0.3, 0.4) is 0 Å². The number of rotatable bonds is 8. The summed E-state index contributed by atoms with van der Waals surface area (Å²) >= 11 is 6.00. The molecule has 1 fully saturated rings. The van der Waals surface area contributed by atoms with E-state index in [1.807, 2.05) is 12.1 Å². The molecule has 152 valence electrons. The van der Waals surface area contributed by atoms with Gasteiger partial charge in [0, 0.05) is 55.8 Å². The minimum Gasteiger partial charge on any atom is -0.396 e. The second kappa shape index (κ2) is 9.86. The van der Waals surface area contributed by atoms with Gasteiger partial charge in [0.1, 0.15) is 0 Å². The highest BCUT2D eigenvalue weighted by Gasteiger charge is 2.34. The lowest BCUT2D eigenvalue weighted by atomic mass is 9.84. The van der Waals surface area contributed by atoms with Gasteiger partial charge < -0.3 is 25.0 Å². The molecular formula is C19H26ClN5O3. The number of aliphatic imine (C=N–C) groups is 1. The summed E-state index contributed by atoms with van der Waals surface area (Å²) < 4.78 is 10.8. The molecule has 8 nitrogen and oxygen atoms in total. The molecule has 0 saturated carbocycles. The molecule has 1 atom stereocenters. The van der Waals surface area contributed by atoms with Crippen molar-refractivity contribution in [2.45, 2.75) is 19.3 Å². The van der Waals surface area contributed by atoms with E-state index in [-0.39, 0.29) is 12.0 Å². The maximum Gasteiger partial charge on any atom is 0.228 e. The fraction of sp³-hybridized carbons (Fsp3) is 0.526. The second-order valence-corrected chi connectivity index (χ2v) is 7.34. The summed E-state index contributed by atoms with van der Waals surface area (Å²) in [7, 11) is 1.73. The van der Waals surface area contributed by atoms with Crippen LogP contribution in [0.2, 0.25) is 5.02 Å². The minimum absolute atomic E-state index is 0.0370. The van der Waals surface area contributed by atoms with Gasteiger partial charge in [-0.3, -0.25) is 4.99 Å². The first-order valence-corrected chi connectivity index (χ1v) is 9.74. The highest BCUT2D eigenvalue weighted by atomic mass is 35.5. The van der Waals surface area contributed by atoms with E-state index in [0.29, 0.717) is 55.2 Å². The lowest BCUT2D eigenvalue weighted by Gasteiger charge is -2.27. The van der Waals surface area contributed by atoms with Crippen molar-refractivity contribution in [1.29, 1.82) is 0 Å². The number of aliphatic hydroxyl groups excluding tert-OH is 1. The van der Waals surface area contributed by atoms with Gasteiger partial charge in [0.05, 0.1) is 6.61 Å². The van der Waals surface area contributed by atoms with Gasteiger partial charge in [0.2, 0.25) is 11.7 Å². The largest absolute Gasteiger partial charge is 0.396 e. The summed E-state index contributed by atoms with van der Waals surface area (Å²) in [6, 6.07) is 7.34. The molecule has 1 unspecified atom stereocenters. The lowest BCUT2D eigenvalue weighted by molar-refractivity contribution is 0.127. The summed E-state index contributed by atoms with van der Waals surface area (Å²) in [5.74, 6) is 1.75. The fourth-order valence-electron chi connectivity index (χ4n) is 3.19. The van der Waals surface area contributed by atoms with Gasteiger partial charge in [-0.1, -0.05) is 28.9 Å². The van der Waals surface area contributed by atoms with E-state index in [2.05, 4.69) is 25.8 Å². The summed E-state index contributed by atoms with van der Waals surface area (Å²) in [5, 5.41) is 20.5. The molecule has 0 aliphatic carbocycles. The predicted octanol–water partition coefficient (Wildman–Crippen LogP) is 1.89. The van der Waals surface area contributed by atoms with Gasteiger partial charge in [-0.25, -0.2) is 0 Å². The summed E-state index contributed by atoms with van der Waals surface area (Å²) in [5.41, 5.74) is 0.783. The van der Waals surface area contributed by atoms with Crippen molar-refractivity contribution in [3.8, 4) is 11.4 Å². The molecule has 28 heavy (non-hydrogen) atoms. The molecule has 0 amide bonds. The third kappa shape index (κ3) is 5.43. The molecule has 0 spiro atoms. The third-order valence-electron chi connectivity index (χ3n) is 4.86. The number of halogens is 1. The quantitative estimate of drug-likeness (QED) is 0.453. The van der Waals surface area contributed by atoms with Crippen molar-refractivity contribution in [3.05, 3.63) is 35.2 Å². The molecule has 3 N–H and O–H groups in total. The SMILES string of the molecule is CN=C(NCCc1nc(-c2cccc(Cl)c2)no1)NCC1(CCO)CCOC1. The Kier molecular flexibility index (Phi) is 7.24. The smallest absolute Gasteiger partial charge is 0.228 e. The van der Waals surface area contributed by atoms with Gasteiger partial charge in [-0.05, 0) is 25.0 Å². The zero-order valence-electron chi connectivity index (χ0n) is 15.9. The second-order valence-electron chi connectivity index (χ2n) is 6.90. The molecule has 2 aromatic rings. The first-order valence-electron chi connectivity index (χ1n) is 9.36. The van der Waals surface area contributed by atoms with Gasteiger partial charge in [0.15, 0.2) is 5.96 Å². The van der Waals surface area contributed by atoms with E-state index in [9.17, 15) is 5.11 Å². The topological polar surface area (TPSA) is 105 Å². The Morgan fingerprint density at radius 2 is 2.29 bits per heavy atom. The molecule has 9 heteroatoms. The first-order chi connectivity index (χ1) is 13.6. The number of benzene rings is 1. The normalized spacial score (nSPS) is 19.8. The number of nitrogens with one attached hydrogen (secondary N) is 2. The highest BCUT2D eigenvalue weighted by molar-refractivity contribution is 6.30. The number of guanidine groups is 1. The Morgan fingerprint density at radius 3 is 3.00 bits per heavy atom. The number of nitrogens with zero attached hydrogens (tertiary/aromatic N) is 3. The van der Waals surface area contributed by atoms with Crippen LogP contribution in [0.15, 0.2) is 33.8 Å². The van der Waals surface area contributed by atoms with Gasteiger partial charge in [-0.15, -0.1) is 0 Å². The molecule has 2 heterocycles. The van der Waals surface area contributed by atoms with Crippen molar-refractivity contribution in [2.75, 3.05) is 40.0 Å². The number of aliphatic hydroxyl groups is 1. The zero-order valence-corrected chi connectivity index (χ0v) is 16.7. The molecule has 3 rings (SSSR count). The molecule has 1 aliphatic heterocycles. The van der Waals surface area contributed by atoms with Crippen molar-refractivity contribution >= 4 is 17.6 Å². The molecule has 0 bridgehead atoms. The van der Waals surface area contributed by atoms with Crippen LogP contribution in [-0.2, 0) is 11.2 Å². The minimum atomic E-state index is -0.0370. The van der Waals surface area contributed by atoms with Crippen molar-refractivity contribution in [1.82, 2.24) is 20.8 Å². The maximum absolute atomic E-state index is 9.32.